The van der Waals surface area contributed by atoms with Crippen LogP contribution in [0.2, 0.25) is 0 Å². The van der Waals surface area contributed by atoms with E-state index in [4.69, 9.17) is 4.74 Å². The van der Waals surface area contributed by atoms with Crippen LogP contribution in [0.5, 0.6) is 5.75 Å². The van der Waals surface area contributed by atoms with E-state index in [1.54, 1.807) is 0 Å². The molecule has 0 radical (unpaired) electrons. The van der Waals surface area contributed by atoms with Crippen molar-refractivity contribution in [3.63, 3.8) is 0 Å². The number of aromatic amines is 1. The highest BCUT2D eigenvalue weighted by Gasteiger charge is 2.28. The molecule has 1 aromatic heterocycles. The summed E-state index contributed by atoms with van der Waals surface area (Å²) in [7, 11) is 0. The van der Waals surface area contributed by atoms with Crippen LogP contribution in [-0.4, -0.2) is 29.9 Å². The lowest BCUT2D eigenvalue weighted by Gasteiger charge is -2.20. The van der Waals surface area contributed by atoms with Gasteiger partial charge in [0.25, 0.3) is 0 Å². The van der Waals surface area contributed by atoms with Gasteiger partial charge < -0.3 is 20.4 Å². The minimum Gasteiger partial charge on any atom is -0.489 e. The summed E-state index contributed by atoms with van der Waals surface area (Å²) in [4.78, 5) is 27.4. The molecule has 150 valence electrons. The number of rotatable bonds is 7. The predicted octanol–water partition coefficient (Wildman–Crippen LogP) is 2.93. The average Bonchev–Trinajstić information content (AvgIpc) is 3.15. The highest BCUT2D eigenvalue weighted by Crippen LogP contribution is 2.24. The summed E-state index contributed by atoms with van der Waals surface area (Å²) in [5, 5.41) is 6.74. The van der Waals surface area contributed by atoms with Crippen LogP contribution in [0.4, 0.5) is 0 Å². The Morgan fingerprint density at radius 2 is 2.03 bits per heavy atom. The van der Waals surface area contributed by atoms with Crippen molar-refractivity contribution < 1.29 is 14.3 Å². The van der Waals surface area contributed by atoms with Gasteiger partial charge in [0.2, 0.25) is 11.8 Å². The van der Waals surface area contributed by atoms with E-state index in [0.717, 1.165) is 34.2 Å². The number of hydrogen-bond donors (Lipinski definition) is 3. The summed E-state index contributed by atoms with van der Waals surface area (Å²) in [5.74, 6) is -0.107. The first-order valence-corrected chi connectivity index (χ1v) is 10.0. The second-order valence-electron chi connectivity index (χ2n) is 7.32. The normalized spacial score (nSPS) is 16.4. The van der Waals surface area contributed by atoms with Crippen LogP contribution in [0.3, 0.4) is 0 Å². The fourth-order valence-electron chi connectivity index (χ4n) is 3.66. The van der Waals surface area contributed by atoms with Crippen molar-refractivity contribution in [3.8, 4) is 5.75 Å². The Morgan fingerprint density at radius 3 is 2.86 bits per heavy atom. The van der Waals surface area contributed by atoms with Crippen LogP contribution in [0.1, 0.15) is 24.0 Å². The molecule has 3 N–H and O–H groups in total. The van der Waals surface area contributed by atoms with Crippen LogP contribution >= 0.6 is 0 Å². The van der Waals surface area contributed by atoms with E-state index in [0.29, 0.717) is 32.5 Å². The number of carbonyl (C=O) groups is 2. The fourth-order valence-corrected chi connectivity index (χ4v) is 3.66. The van der Waals surface area contributed by atoms with E-state index in [-0.39, 0.29) is 11.8 Å². The van der Waals surface area contributed by atoms with Crippen molar-refractivity contribution in [2.75, 3.05) is 13.1 Å². The summed E-state index contributed by atoms with van der Waals surface area (Å²) in [5.41, 5.74) is 3.26. The van der Waals surface area contributed by atoms with Gasteiger partial charge in [-0.15, -0.1) is 0 Å². The molecule has 1 fully saturated rings. The lowest BCUT2D eigenvalue weighted by Crippen LogP contribution is -2.45. The third-order valence-electron chi connectivity index (χ3n) is 5.28. The number of carbonyl (C=O) groups excluding carboxylic acids is 2. The van der Waals surface area contributed by atoms with Gasteiger partial charge in [0, 0.05) is 30.2 Å². The topological polar surface area (TPSA) is 83.2 Å². The molecule has 0 bridgehead atoms. The minimum atomic E-state index is -0.565. The van der Waals surface area contributed by atoms with Crippen LogP contribution in [0.15, 0.2) is 54.7 Å². The average molecular weight is 391 g/mol. The Morgan fingerprint density at radius 1 is 1.17 bits per heavy atom. The highest BCUT2D eigenvalue weighted by atomic mass is 16.5. The molecule has 4 rings (SSSR count). The van der Waals surface area contributed by atoms with E-state index >= 15 is 0 Å². The van der Waals surface area contributed by atoms with Gasteiger partial charge in [0.15, 0.2) is 0 Å². The standard InChI is InChI=1S/C23H25N3O3/c27-22-19(7-4-11-24-22)23(28)25-12-10-17-14-26-21-9-8-18(13-20(17)21)29-15-16-5-2-1-3-6-16/h1-3,5-6,8-9,13-14,19,26H,4,7,10-12,15H2,(H,24,27)(H,25,28)/t19-/m1/s1. The van der Waals surface area contributed by atoms with Gasteiger partial charge in [-0.1, -0.05) is 30.3 Å². The van der Waals surface area contributed by atoms with Gasteiger partial charge >= 0.3 is 0 Å². The zero-order valence-electron chi connectivity index (χ0n) is 16.2. The Hall–Kier alpha value is -3.28. The van der Waals surface area contributed by atoms with Crippen molar-refractivity contribution in [3.05, 3.63) is 65.9 Å². The molecule has 1 atom stereocenters. The van der Waals surface area contributed by atoms with Gasteiger partial charge in [-0.3, -0.25) is 9.59 Å². The second kappa shape index (κ2) is 8.82. The number of H-pyrrole nitrogens is 1. The molecular weight excluding hydrogens is 366 g/mol. The van der Waals surface area contributed by atoms with Gasteiger partial charge in [-0.25, -0.2) is 0 Å². The van der Waals surface area contributed by atoms with E-state index in [1.165, 1.54) is 0 Å². The van der Waals surface area contributed by atoms with E-state index in [2.05, 4.69) is 15.6 Å². The second-order valence-corrected chi connectivity index (χ2v) is 7.32. The van der Waals surface area contributed by atoms with Crippen LogP contribution in [0.25, 0.3) is 10.9 Å². The molecule has 1 aliphatic heterocycles. The molecule has 0 aliphatic carbocycles. The minimum absolute atomic E-state index is 0.166. The predicted molar refractivity (Wildman–Crippen MR) is 112 cm³/mol. The molecule has 29 heavy (non-hydrogen) atoms. The number of piperidine rings is 1. The van der Waals surface area contributed by atoms with Crippen molar-refractivity contribution in [2.45, 2.75) is 25.9 Å². The largest absolute Gasteiger partial charge is 0.489 e. The van der Waals surface area contributed by atoms with Gasteiger partial charge in [0.1, 0.15) is 18.3 Å². The number of ether oxygens (including phenoxy) is 1. The molecule has 0 unspecified atom stereocenters. The molecule has 3 aromatic rings. The van der Waals surface area contributed by atoms with E-state index < -0.39 is 5.92 Å². The highest BCUT2D eigenvalue weighted by molar-refractivity contribution is 6.00. The zero-order chi connectivity index (χ0) is 20.1. The molecule has 2 amide bonds. The summed E-state index contributed by atoms with van der Waals surface area (Å²) in [6, 6.07) is 16.0. The number of amides is 2. The molecule has 2 heterocycles. The molecule has 6 heteroatoms. The van der Waals surface area contributed by atoms with Crippen molar-refractivity contribution >= 4 is 22.7 Å². The molecule has 0 saturated carbocycles. The number of benzene rings is 2. The molecule has 0 spiro atoms. The van der Waals surface area contributed by atoms with Crippen LogP contribution in [0, 0.1) is 5.92 Å². The number of nitrogens with one attached hydrogen (secondary N) is 3. The maximum atomic E-state index is 12.3. The summed E-state index contributed by atoms with van der Waals surface area (Å²) in [6.07, 6.45) is 4.11. The third-order valence-corrected chi connectivity index (χ3v) is 5.28. The quantitative estimate of drug-likeness (QED) is 0.542. The van der Waals surface area contributed by atoms with Crippen molar-refractivity contribution in [1.82, 2.24) is 15.6 Å². The van der Waals surface area contributed by atoms with Crippen LogP contribution in [-0.2, 0) is 22.6 Å². The first-order valence-electron chi connectivity index (χ1n) is 10.0. The molecule has 6 nitrogen and oxygen atoms in total. The Kier molecular flexibility index (Phi) is 5.79. The number of aromatic nitrogens is 1. The first-order chi connectivity index (χ1) is 14.2. The van der Waals surface area contributed by atoms with Crippen LogP contribution < -0.4 is 15.4 Å². The Labute approximate surface area is 169 Å². The first kappa shape index (κ1) is 19.1. The van der Waals surface area contributed by atoms with Gasteiger partial charge in [-0.05, 0) is 48.6 Å². The molecule has 2 aromatic carbocycles. The van der Waals surface area contributed by atoms with E-state index in [1.807, 2.05) is 54.7 Å². The SMILES string of the molecule is O=C1NCCC[C@H]1C(=O)NCCc1c[nH]c2ccc(OCc3ccccc3)cc12. The lowest BCUT2D eigenvalue weighted by atomic mass is 9.98. The lowest BCUT2D eigenvalue weighted by molar-refractivity contribution is -0.136. The van der Waals surface area contributed by atoms with Gasteiger partial charge in [0.05, 0.1) is 0 Å². The molecule has 1 saturated heterocycles. The van der Waals surface area contributed by atoms with E-state index in [9.17, 15) is 9.59 Å². The Bertz CT molecular complexity index is 997. The summed E-state index contributed by atoms with van der Waals surface area (Å²) in [6.45, 7) is 1.67. The molecule has 1 aliphatic rings. The number of fused-ring (bicyclic) bond motifs is 1. The maximum Gasteiger partial charge on any atom is 0.232 e. The maximum absolute atomic E-state index is 12.3. The monoisotopic (exact) mass is 391 g/mol. The fraction of sp³-hybridized carbons (Fsp3) is 0.304. The van der Waals surface area contributed by atoms with Crippen molar-refractivity contribution in [1.29, 1.82) is 0 Å². The summed E-state index contributed by atoms with van der Waals surface area (Å²) >= 11 is 0. The Balaban J connectivity index is 1.36. The summed E-state index contributed by atoms with van der Waals surface area (Å²) < 4.78 is 5.93. The van der Waals surface area contributed by atoms with Crippen molar-refractivity contribution in [2.24, 2.45) is 5.92 Å². The van der Waals surface area contributed by atoms with Gasteiger partial charge in [-0.2, -0.15) is 0 Å². The number of hydrogen-bond acceptors (Lipinski definition) is 3. The zero-order valence-corrected chi connectivity index (χ0v) is 16.2. The molecular formula is C23H25N3O3. The third kappa shape index (κ3) is 4.59. The smallest absolute Gasteiger partial charge is 0.232 e.